The number of rotatable bonds is 3. The topological polar surface area (TPSA) is 122 Å². The third kappa shape index (κ3) is 5.12. The van der Waals surface area contributed by atoms with Crippen LogP contribution in [-0.2, 0) is 19.8 Å². The van der Waals surface area contributed by atoms with Gasteiger partial charge in [0, 0.05) is 41.8 Å². The Balaban J connectivity index is 0.000000186. The molecule has 0 saturated carbocycles. The second kappa shape index (κ2) is 10.3. The highest BCUT2D eigenvalue weighted by atomic mass is 35.5. The van der Waals surface area contributed by atoms with E-state index in [1.54, 1.807) is 31.3 Å². The molecule has 0 radical (unpaired) electrons. The zero-order valence-electron chi connectivity index (χ0n) is 20.1. The van der Waals surface area contributed by atoms with Crippen molar-refractivity contribution in [2.75, 3.05) is 18.9 Å². The van der Waals surface area contributed by atoms with Gasteiger partial charge in [0.05, 0.1) is 21.7 Å². The van der Waals surface area contributed by atoms with Crippen LogP contribution in [-0.4, -0.2) is 46.8 Å². The van der Waals surface area contributed by atoms with Gasteiger partial charge in [-0.15, -0.1) is 0 Å². The van der Waals surface area contributed by atoms with Crippen LogP contribution in [0.1, 0.15) is 30.0 Å². The van der Waals surface area contributed by atoms with Crippen LogP contribution in [0.15, 0.2) is 77.8 Å². The summed E-state index contributed by atoms with van der Waals surface area (Å²) in [6, 6.07) is 20.7. The molecule has 3 aromatic carbocycles. The third-order valence-corrected chi connectivity index (χ3v) is 6.65. The summed E-state index contributed by atoms with van der Waals surface area (Å²) < 4.78 is 0. The van der Waals surface area contributed by atoms with Crippen molar-refractivity contribution in [3.63, 3.8) is 0 Å². The van der Waals surface area contributed by atoms with Crippen LogP contribution in [0, 0.1) is 10.1 Å². The van der Waals surface area contributed by atoms with E-state index in [1.165, 1.54) is 23.1 Å². The molecular formula is C27H23ClN4O5. The van der Waals surface area contributed by atoms with Gasteiger partial charge in [0.1, 0.15) is 6.54 Å². The normalized spacial score (nSPS) is 18.7. The quantitative estimate of drug-likeness (QED) is 0.313. The van der Waals surface area contributed by atoms with Gasteiger partial charge in [-0.25, -0.2) is 0 Å². The number of aliphatic imine (C=N–C) groups is 1. The minimum atomic E-state index is -0.674. The summed E-state index contributed by atoms with van der Waals surface area (Å²) in [5.41, 5.74) is 2.21. The van der Waals surface area contributed by atoms with Gasteiger partial charge in [-0.2, -0.15) is 0 Å². The predicted molar refractivity (Wildman–Crippen MR) is 140 cm³/mol. The number of hydrogen-bond acceptors (Lipinski definition) is 6. The van der Waals surface area contributed by atoms with E-state index in [4.69, 9.17) is 11.6 Å². The first-order valence-electron chi connectivity index (χ1n) is 11.4. The van der Waals surface area contributed by atoms with E-state index < -0.39 is 10.3 Å². The van der Waals surface area contributed by atoms with Crippen molar-refractivity contribution < 1.29 is 19.3 Å². The fourth-order valence-corrected chi connectivity index (χ4v) is 4.50. The lowest BCUT2D eigenvalue weighted by molar-refractivity contribution is -0.384. The molecule has 1 fully saturated rings. The van der Waals surface area contributed by atoms with Crippen molar-refractivity contribution >= 4 is 46.4 Å². The van der Waals surface area contributed by atoms with Crippen LogP contribution in [0.25, 0.3) is 0 Å². The molecule has 5 rings (SSSR count). The van der Waals surface area contributed by atoms with Gasteiger partial charge in [-0.05, 0) is 24.6 Å². The minimum Gasteiger partial charge on any atom is -0.324 e. The van der Waals surface area contributed by atoms with Gasteiger partial charge in [0.25, 0.3) is 5.69 Å². The van der Waals surface area contributed by atoms with Crippen LogP contribution < -0.4 is 5.32 Å². The van der Waals surface area contributed by atoms with Crippen LogP contribution in [0.3, 0.4) is 0 Å². The highest BCUT2D eigenvalue weighted by Gasteiger charge is 2.47. The summed E-state index contributed by atoms with van der Waals surface area (Å²) in [5, 5.41) is 14.2. The van der Waals surface area contributed by atoms with E-state index in [-0.39, 0.29) is 36.4 Å². The van der Waals surface area contributed by atoms with Crippen molar-refractivity contribution in [2.24, 2.45) is 4.99 Å². The fraction of sp³-hybridized carbons (Fsp3) is 0.185. The number of likely N-dealkylation sites (N-methyl/N-ethyl adjacent to an activating group) is 1. The van der Waals surface area contributed by atoms with E-state index in [0.717, 1.165) is 5.56 Å². The zero-order chi connectivity index (χ0) is 26.7. The second-order valence-electron chi connectivity index (χ2n) is 8.81. The number of benzodiazepines with no additional fused rings is 1. The van der Waals surface area contributed by atoms with E-state index in [0.29, 0.717) is 27.5 Å². The zero-order valence-corrected chi connectivity index (χ0v) is 20.9. The number of nitrogens with one attached hydrogen (secondary N) is 1. The minimum absolute atomic E-state index is 0.0664. The maximum absolute atomic E-state index is 11.9. The number of carbonyl (C=O) groups excluding carboxylic acids is 3. The number of non-ortho nitro benzene ring substituents is 1. The Morgan fingerprint density at radius 2 is 1.68 bits per heavy atom. The SMILES string of the molecule is CN1C(=O)CC(C)(c2ccccc2)C1=O.O=C1CN=C(c2ccccc2Cl)c2cc([N+](=O)[O-])ccc2N1. The standard InChI is InChI=1S/C15H10ClN3O3.C12H13NO2/c16-12-4-2-1-3-10(12)15-11-7-9(19(21)22)5-6-13(11)18-14(20)8-17-15;1-12(9-6-4-3-5-7-9)8-10(14)13(2)11(12)15/h1-7H,8H2,(H,18,20);3-7H,8H2,1-2H3. The Hall–Kier alpha value is -4.37. The number of amides is 3. The van der Waals surface area contributed by atoms with E-state index >= 15 is 0 Å². The predicted octanol–water partition coefficient (Wildman–Crippen LogP) is 4.37. The molecule has 188 valence electrons. The van der Waals surface area contributed by atoms with Gasteiger partial charge in [-0.1, -0.05) is 60.1 Å². The number of hydrogen-bond donors (Lipinski definition) is 1. The third-order valence-electron chi connectivity index (χ3n) is 6.32. The number of carbonyl (C=O) groups is 3. The molecule has 37 heavy (non-hydrogen) atoms. The molecule has 2 aliphatic rings. The van der Waals surface area contributed by atoms with Crippen molar-refractivity contribution in [3.8, 4) is 0 Å². The number of nitrogens with zero attached hydrogens (tertiary/aromatic N) is 3. The molecule has 0 spiro atoms. The van der Waals surface area contributed by atoms with E-state index in [2.05, 4.69) is 10.3 Å². The number of imide groups is 1. The molecule has 10 heteroatoms. The molecule has 2 aliphatic heterocycles. The first-order chi connectivity index (χ1) is 17.6. The van der Waals surface area contributed by atoms with Gasteiger partial charge >= 0.3 is 0 Å². The monoisotopic (exact) mass is 518 g/mol. The summed E-state index contributed by atoms with van der Waals surface area (Å²) >= 11 is 6.20. The maximum atomic E-state index is 11.9. The van der Waals surface area contributed by atoms with Crippen molar-refractivity contribution in [1.29, 1.82) is 0 Å². The van der Waals surface area contributed by atoms with Gasteiger partial charge in [-0.3, -0.25) is 34.4 Å². The van der Waals surface area contributed by atoms with Crippen molar-refractivity contribution in [3.05, 3.63) is 105 Å². The molecule has 0 bridgehead atoms. The molecule has 1 saturated heterocycles. The van der Waals surface area contributed by atoms with Crippen molar-refractivity contribution in [1.82, 2.24) is 4.90 Å². The summed E-state index contributed by atoms with van der Waals surface area (Å²) in [5.74, 6) is -0.498. The van der Waals surface area contributed by atoms with Crippen LogP contribution in [0.4, 0.5) is 11.4 Å². The Kier molecular flexibility index (Phi) is 7.17. The Labute approximate surface area is 217 Å². The van der Waals surface area contributed by atoms with Crippen LogP contribution in [0.5, 0.6) is 0 Å². The number of halogens is 1. The number of nitro benzene ring substituents is 1. The summed E-state index contributed by atoms with van der Waals surface area (Å²) in [4.78, 5) is 51.2. The first kappa shape index (κ1) is 25.7. The Bertz CT molecular complexity index is 1440. The summed E-state index contributed by atoms with van der Waals surface area (Å²) in [6.07, 6.45) is 0.270. The Morgan fingerprint density at radius 1 is 1.00 bits per heavy atom. The lowest BCUT2D eigenvalue weighted by Crippen LogP contribution is -2.33. The maximum Gasteiger partial charge on any atom is 0.270 e. The lowest BCUT2D eigenvalue weighted by Gasteiger charge is -2.21. The van der Waals surface area contributed by atoms with E-state index in [9.17, 15) is 24.5 Å². The highest BCUT2D eigenvalue weighted by molar-refractivity contribution is 6.36. The molecule has 9 nitrogen and oxygen atoms in total. The highest BCUT2D eigenvalue weighted by Crippen LogP contribution is 2.35. The van der Waals surface area contributed by atoms with Gasteiger partial charge in [0.2, 0.25) is 17.7 Å². The molecular weight excluding hydrogens is 496 g/mol. The lowest BCUT2D eigenvalue weighted by atomic mass is 9.81. The summed E-state index contributed by atoms with van der Waals surface area (Å²) in [7, 11) is 1.54. The number of likely N-dealkylation sites (tertiary alicyclic amines) is 1. The molecule has 2 heterocycles. The fourth-order valence-electron chi connectivity index (χ4n) is 4.27. The molecule has 0 aliphatic carbocycles. The average molecular weight is 519 g/mol. The molecule has 1 N–H and O–H groups in total. The molecule has 1 unspecified atom stereocenters. The van der Waals surface area contributed by atoms with E-state index in [1.807, 2.05) is 37.3 Å². The average Bonchev–Trinajstić information content (AvgIpc) is 3.00. The molecule has 1 atom stereocenters. The smallest absolute Gasteiger partial charge is 0.270 e. The summed E-state index contributed by atoms with van der Waals surface area (Å²) in [6.45, 7) is 1.76. The number of fused-ring (bicyclic) bond motifs is 1. The molecule has 3 amide bonds. The Morgan fingerprint density at radius 3 is 2.30 bits per heavy atom. The van der Waals surface area contributed by atoms with Gasteiger partial charge < -0.3 is 5.32 Å². The molecule has 3 aromatic rings. The number of benzene rings is 3. The number of anilines is 1. The van der Waals surface area contributed by atoms with Crippen LogP contribution >= 0.6 is 11.6 Å². The first-order valence-corrected chi connectivity index (χ1v) is 11.7. The largest absolute Gasteiger partial charge is 0.324 e. The number of nitro groups is 1. The second-order valence-corrected chi connectivity index (χ2v) is 9.22. The van der Waals surface area contributed by atoms with Gasteiger partial charge in [0.15, 0.2) is 0 Å². The van der Waals surface area contributed by atoms with Crippen LogP contribution in [0.2, 0.25) is 5.02 Å². The van der Waals surface area contributed by atoms with Crippen molar-refractivity contribution in [2.45, 2.75) is 18.8 Å². The molecule has 0 aromatic heterocycles.